The molecule has 1 aromatic heterocycles. The normalized spacial score (nSPS) is 10.6. The van der Waals surface area contributed by atoms with Gasteiger partial charge >= 0.3 is 5.97 Å². The average molecular weight is 489 g/mol. The Bertz CT molecular complexity index is 1370. The lowest BCUT2D eigenvalue weighted by atomic mass is 10.1. The van der Waals surface area contributed by atoms with Gasteiger partial charge in [0.1, 0.15) is 22.8 Å². The van der Waals surface area contributed by atoms with Crippen LogP contribution in [-0.4, -0.2) is 49.5 Å². The highest BCUT2D eigenvalue weighted by Gasteiger charge is 2.21. The molecule has 0 spiro atoms. The molecule has 0 fully saturated rings. The monoisotopic (exact) mass is 488 g/mol. The third kappa shape index (κ3) is 5.69. The minimum Gasteiger partial charge on any atom is -0.497 e. The van der Waals surface area contributed by atoms with E-state index in [1.165, 1.54) is 30.1 Å². The zero-order chi connectivity index (χ0) is 25.7. The zero-order valence-corrected chi connectivity index (χ0v) is 20.1. The summed E-state index contributed by atoms with van der Waals surface area (Å²) in [5, 5.41) is 7.23. The number of hydrogen-bond acceptors (Lipinski definition) is 6. The summed E-state index contributed by atoms with van der Waals surface area (Å²) in [6.45, 7) is -0.479. The molecule has 1 amide bonds. The van der Waals surface area contributed by atoms with Crippen LogP contribution < -0.4 is 15.0 Å². The molecule has 8 nitrogen and oxygen atoms in total. The number of nitrogens with zero attached hydrogens (tertiary/aromatic N) is 3. The van der Waals surface area contributed by atoms with E-state index in [1.807, 2.05) is 31.1 Å². The molecule has 0 aliphatic heterocycles. The van der Waals surface area contributed by atoms with Crippen molar-refractivity contribution in [2.45, 2.75) is 0 Å². The fraction of sp³-hybridized carbons (Fsp3) is 0.148. The lowest BCUT2D eigenvalue weighted by Gasteiger charge is -2.13. The van der Waals surface area contributed by atoms with Crippen LogP contribution in [-0.2, 0) is 9.53 Å². The molecule has 0 saturated heterocycles. The Morgan fingerprint density at radius 3 is 2.42 bits per heavy atom. The highest BCUT2D eigenvalue weighted by Crippen LogP contribution is 2.27. The molecule has 0 aliphatic rings. The third-order valence-electron chi connectivity index (χ3n) is 5.37. The van der Waals surface area contributed by atoms with Crippen LogP contribution in [0.25, 0.3) is 16.9 Å². The molecule has 0 unspecified atom stereocenters. The number of amides is 1. The van der Waals surface area contributed by atoms with Crippen LogP contribution in [0.3, 0.4) is 0 Å². The molecular weight excluding hydrogens is 463 g/mol. The molecule has 1 heterocycles. The van der Waals surface area contributed by atoms with E-state index in [-0.39, 0.29) is 11.4 Å². The van der Waals surface area contributed by atoms with Gasteiger partial charge in [-0.25, -0.2) is 13.9 Å². The second-order valence-electron chi connectivity index (χ2n) is 8.11. The molecule has 0 radical (unpaired) electrons. The molecule has 0 aliphatic carbocycles. The van der Waals surface area contributed by atoms with Gasteiger partial charge in [0.2, 0.25) is 0 Å². The average Bonchev–Trinajstić information content (AvgIpc) is 3.34. The quantitative estimate of drug-likeness (QED) is 0.367. The van der Waals surface area contributed by atoms with E-state index in [0.717, 1.165) is 5.69 Å². The summed E-state index contributed by atoms with van der Waals surface area (Å²) >= 11 is 0. The predicted octanol–water partition coefficient (Wildman–Crippen LogP) is 4.55. The molecule has 0 atom stereocenters. The van der Waals surface area contributed by atoms with Crippen molar-refractivity contribution in [1.29, 1.82) is 0 Å². The second kappa shape index (κ2) is 10.7. The molecule has 4 rings (SSSR count). The van der Waals surface area contributed by atoms with Crippen molar-refractivity contribution in [3.8, 4) is 22.7 Å². The Morgan fingerprint density at radius 1 is 1.03 bits per heavy atom. The number of anilines is 2. The van der Waals surface area contributed by atoms with Crippen molar-refractivity contribution in [3.05, 3.63) is 90.4 Å². The molecule has 3 aromatic carbocycles. The van der Waals surface area contributed by atoms with Crippen molar-refractivity contribution in [1.82, 2.24) is 9.78 Å². The Kier molecular flexibility index (Phi) is 7.29. The number of benzene rings is 3. The first-order valence-corrected chi connectivity index (χ1v) is 11.1. The van der Waals surface area contributed by atoms with E-state index in [2.05, 4.69) is 10.4 Å². The minimum absolute atomic E-state index is 0.149. The number of halogens is 1. The lowest BCUT2D eigenvalue weighted by Crippen LogP contribution is -2.21. The van der Waals surface area contributed by atoms with Gasteiger partial charge in [-0.15, -0.1) is 0 Å². The SMILES string of the molecule is COc1cccc(-c2nn(-c3ccc(F)cc3)cc2C(=O)OCC(=O)Nc2ccc(N(C)C)cc2)c1. The lowest BCUT2D eigenvalue weighted by molar-refractivity contribution is -0.119. The molecule has 0 bridgehead atoms. The predicted molar refractivity (Wildman–Crippen MR) is 135 cm³/mol. The smallest absolute Gasteiger partial charge is 0.342 e. The van der Waals surface area contributed by atoms with Crippen LogP contribution in [0.4, 0.5) is 15.8 Å². The highest BCUT2D eigenvalue weighted by molar-refractivity contribution is 5.99. The van der Waals surface area contributed by atoms with Gasteiger partial charge in [-0.05, 0) is 60.7 Å². The van der Waals surface area contributed by atoms with Crippen molar-refractivity contribution >= 4 is 23.3 Å². The van der Waals surface area contributed by atoms with Crippen LogP contribution in [0, 0.1) is 5.82 Å². The summed E-state index contributed by atoms with van der Waals surface area (Å²) in [5.74, 6) is -1.00. The topological polar surface area (TPSA) is 85.7 Å². The van der Waals surface area contributed by atoms with E-state index in [1.54, 1.807) is 48.5 Å². The molecule has 4 aromatic rings. The van der Waals surface area contributed by atoms with Crippen molar-refractivity contribution in [2.75, 3.05) is 38.0 Å². The van der Waals surface area contributed by atoms with Crippen molar-refractivity contribution in [2.24, 2.45) is 0 Å². The van der Waals surface area contributed by atoms with Crippen molar-refractivity contribution < 1.29 is 23.5 Å². The summed E-state index contributed by atoms with van der Waals surface area (Å²) in [7, 11) is 5.38. The van der Waals surface area contributed by atoms with E-state index >= 15 is 0 Å². The third-order valence-corrected chi connectivity index (χ3v) is 5.37. The first-order valence-electron chi connectivity index (χ1n) is 11.1. The maximum atomic E-state index is 13.4. The number of carbonyl (C=O) groups is 2. The number of methoxy groups -OCH3 is 1. The van der Waals surface area contributed by atoms with E-state index in [0.29, 0.717) is 28.4 Å². The number of esters is 1. The number of rotatable bonds is 8. The Balaban J connectivity index is 1.54. The van der Waals surface area contributed by atoms with Crippen LogP contribution in [0.1, 0.15) is 10.4 Å². The summed E-state index contributed by atoms with van der Waals surface area (Å²) in [6, 6.07) is 20.0. The van der Waals surface area contributed by atoms with Gasteiger partial charge in [0.05, 0.1) is 12.8 Å². The number of ether oxygens (including phenoxy) is 2. The number of aromatic nitrogens is 2. The Morgan fingerprint density at radius 2 is 1.75 bits per heavy atom. The molecular formula is C27H25FN4O4. The van der Waals surface area contributed by atoms with Gasteiger partial charge in [-0.2, -0.15) is 5.10 Å². The van der Waals surface area contributed by atoms with E-state index < -0.39 is 18.5 Å². The largest absolute Gasteiger partial charge is 0.497 e. The molecule has 36 heavy (non-hydrogen) atoms. The van der Waals surface area contributed by atoms with Gasteiger partial charge in [0.25, 0.3) is 5.91 Å². The zero-order valence-electron chi connectivity index (χ0n) is 20.1. The van der Waals surface area contributed by atoms with Crippen LogP contribution >= 0.6 is 0 Å². The number of nitrogens with one attached hydrogen (secondary N) is 1. The molecule has 184 valence electrons. The van der Waals surface area contributed by atoms with Gasteiger partial charge in [0.15, 0.2) is 6.61 Å². The number of carbonyl (C=O) groups excluding carboxylic acids is 2. The first-order chi connectivity index (χ1) is 17.3. The molecule has 1 N–H and O–H groups in total. The summed E-state index contributed by atoms with van der Waals surface area (Å²) in [4.78, 5) is 27.4. The van der Waals surface area contributed by atoms with Crippen LogP contribution in [0.5, 0.6) is 5.75 Å². The minimum atomic E-state index is -0.723. The molecule has 9 heteroatoms. The Labute approximate surface area is 207 Å². The van der Waals surface area contributed by atoms with Gasteiger partial charge < -0.3 is 19.7 Å². The van der Waals surface area contributed by atoms with Gasteiger partial charge in [-0.3, -0.25) is 4.79 Å². The summed E-state index contributed by atoms with van der Waals surface area (Å²) in [5.41, 5.74) is 3.23. The number of hydrogen-bond donors (Lipinski definition) is 1. The first kappa shape index (κ1) is 24.5. The maximum Gasteiger partial charge on any atom is 0.342 e. The van der Waals surface area contributed by atoms with Gasteiger partial charge in [-0.1, -0.05) is 12.1 Å². The maximum absolute atomic E-state index is 13.4. The summed E-state index contributed by atoms with van der Waals surface area (Å²) in [6.07, 6.45) is 1.49. The Hall–Kier alpha value is -4.66. The molecule has 0 saturated carbocycles. The summed E-state index contributed by atoms with van der Waals surface area (Å²) < 4.78 is 25.4. The second-order valence-corrected chi connectivity index (χ2v) is 8.11. The fourth-order valence-electron chi connectivity index (χ4n) is 3.48. The van der Waals surface area contributed by atoms with Crippen LogP contribution in [0.2, 0.25) is 0 Å². The van der Waals surface area contributed by atoms with Gasteiger partial charge in [0, 0.05) is 37.2 Å². The van der Waals surface area contributed by atoms with E-state index in [9.17, 15) is 14.0 Å². The van der Waals surface area contributed by atoms with Crippen LogP contribution in [0.15, 0.2) is 79.0 Å². The van der Waals surface area contributed by atoms with E-state index in [4.69, 9.17) is 9.47 Å². The standard InChI is InChI=1S/C27H25FN4O4/c1-31(2)21-13-9-20(10-14-21)29-25(33)17-36-27(34)24-16-32(22-11-7-19(28)8-12-22)30-26(24)18-5-4-6-23(15-18)35-3/h4-16H,17H2,1-3H3,(H,29,33). The van der Waals surface area contributed by atoms with Crippen molar-refractivity contribution in [3.63, 3.8) is 0 Å². The highest BCUT2D eigenvalue weighted by atomic mass is 19.1. The fourth-order valence-corrected chi connectivity index (χ4v) is 3.48.